The molecule has 0 bridgehead atoms. The third-order valence-corrected chi connectivity index (χ3v) is 4.34. The zero-order chi connectivity index (χ0) is 13.3. The van der Waals surface area contributed by atoms with Gasteiger partial charge in [-0.25, -0.2) is 8.42 Å². The van der Waals surface area contributed by atoms with Crippen LogP contribution in [0.15, 0.2) is 23.1 Å². The number of hydrogen-bond donors (Lipinski definition) is 1. The molecule has 0 radical (unpaired) electrons. The van der Waals surface area contributed by atoms with E-state index in [4.69, 9.17) is 29.6 Å². The van der Waals surface area contributed by atoms with Crippen LogP contribution in [0.5, 0.6) is 0 Å². The second-order valence-corrected chi connectivity index (χ2v) is 6.45. The van der Waals surface area contributed by atoms with Gasteiger partial charge >= 0.3 is 0 Å². The highest BCUT2D eigenvalue weighted by Gasteiger charge is 2.24. The summed E-state index contributed by atoms with van der Waals surface area (Å²) in [5.74, 6) is 2.34. The lowest BCUT2D eigenvalue weighted by atomic mass is 10.1. The molecule has 17 heavy (non-hydrogen) atoms. The van der Waals surface area contributed by atoms with Gasteiger partial charge in [0.2, 0.25) is 10.0 Å². The molecular weight excluding hydrogens is 281 g/mol. The first-order valence-electron chi connectivity index (χ1n) is 4.65. The Kier molecular flexibility index (Phi) is 4.11. The molecule has 0 spiro atoms. The van der Waals surface area contributed by atoms with Crippen molar-refractivity contribution in [3.05, 3.63) is 28.2 Å². The number of sulfonamides is 1. The molecule has 0 aromatic heterocycles. The Balaban J connectivity index is 3.16. The fraction of sp³-hybridized carbons (Fsp3) is 0.273. The largest absolute Gasteiger partial charge is 0.241 e. The van der Waals surface area contributed by atoms with E-state index >= 15 is 0 Å². The number of benzene rings is 1. The topological polar surface area (TPSA) is 46.2 Å². The Morgan fingerprint density at radius 1 is 1.29 bits per heavy atom. The highest BCUT2D eigenvalue weighted by atomic mass is 35.5. The van der Waals surface area contributed by atoms with Gasteiger partial charge in [0.1, 0.15) is 0 Å². The second-order valence-electron chi connectivity index (χ2n) is 3.95. The summed E-state index contributed by atoms with van der Waals surface area (Å²) in [5, 5.41) is 0.467. The van der Waals surface area contributed by atoms with Crippen LogP contribution in [0.4, 0.5) is 0 Å². The van der Waals surface area contributed by atoms with Crippen LogP contribution in [0, 0.1) is 12.3 Å². The molecular formula is C11H11Cl2NO2S. The zero-order valence-corrected chi connectivity index (χ0v) is 11.6. The fourth-order valence-electron chi connectivity index (χ4n) is 1.07. The third kappa shape index (κ3) is 3.62. The quantitative estimate of drug-likeness (QED) is 0.871. The van der Waals surface area contributed by atoms with E-state index in [-0.39, 0.29) is 9.92 Å². The Bertz CT molecular complexity index is 574. The van der Waals surface area contributed by atoms with Gasteiger partial charge < -0.3 is 0 Å². The summed E-state index contributed by atoms with van der Waals surface area (Å²) in [7, 11) is -3.70. The lowest BCUT2D eigenvalue weighted by Gasteiger charge is -2.19. The minimum atomic E-state index is -3.70. The molecule has 0 aliphatic carbocycles. The lowest BCUT2D eigenvalue weighted by molar-refractivity contribution is 0.539. The first-order valence-corrected chi connectivity index (χ1v) is 6.89. The minimum absolute atomic E-state index is 0.0234. The maximum absolute atomic E-state index is 12.0. The van der Waals surface area contributed by atoms with Crippen LogP contribution in [-0.4, -0.2) is 14.0 Å². The minimum Gasteiger partial charge on any atom is -0.207 e. The second kappa shape index (κ2) is 4.87. The Hall–Kier alpha value is -0.730. The van der Waals surface area contributed by atoms with Gasteiger partial charge in [-0.1, -0.05) is 29.1 Å². The number of rotatable bonds is 3. The molecule has 0 aliphatic heterocycles. The summed E-state index contributed by atoms with van der Waals surface area (Å²) >= 11 is 11.5. The molecule has 1 aromatic carbocycles. The molecule has 1 aromatic rings. The highest BCUT2D eigenvalue weighted by molar-refractivity contribution is 7.89. The van der Waals surface area contributed by atoms with Crippen LogP contribution in [-0.2, 0) is 10.0 Å². The van der Waals surface area contributed by atoms with Gasteiger partial charge in [-0.05, 0) is 32.0 Å². The van der Waals surface area contributed by atoms with Gasteiger partial charge in [-0.2, -0.15) is 4.72 Å². The fourth-order valence-corrected chi connectivity index (χ4v) is 2.80. The van der Waals surface area contributed by atoms with Gasteiger partial charge in [0, 0.05) is 0 Å². The number of nitrogens with one attached hydrogen (secondary N) is 1. The average Bonchev–Trinajstić information content (AvgIpc) is 2.20. The van der Waals surface area contributed by atoms with E-state index in [1.165, 1.54) is 18.2 Å². The van der Waals surface area contributed by atoms with Crippen molar-refractivity contribution in [1.29, 1.82) is 0 Å². The van der Waals surface area contributed by atoms with Crippen molar-refractivity contribution >= 4 is 33.2 Å². The van der Waals surface area contributed by atoms with Crippen molar-refractivity contribution in [2.45, 2.75) is 24.3 Å². The van der Waals surface area contributed by atoms with Crippen LogP contribution in [0.25, 0.3) is 0 Å². The van der Waals surface area contributed by atoms with Gasteiger partial charge in [0.25, 0.3) is 0 Å². The van der Waals surface area contributed by atoms with E-state index < -0.39 is 15.6 Å². The molecule has 0 saturated heterocycles. The smallest absolute Gasteiger partial charge is 0.207 e. The van der Waals surface area contributed by atoms with Crippen LogP contribution < -0.4 is 4.72 Å². The molecule has 1 rings (SSSR count). The summed E-state index contributed by atoms with van der Waals surface area (Å²) in [6.45, 7) is 3.17. The average molecular weight is 292 g/mol. The predicted octanol–water partition coefficient (Wildman–Crippen LogP) is 2.68. The first kappa shape index (κ1) is 14.3. The Labute approximate surface area is 111 Å². The van der Waals surface area contributed by atoms with Crippen molar-refractivity contribution in [2.75, 3.05) is 0 Å². The van der Waals surface area contributed by atoms with Gasteiger partial charge in [0.15, 0.2) is 0 Å². The van der Waals surface area contributed by atoms with Crippen molar-refractivity contribution in [3.8, 4) is 12.3 Å². The van der Waals surface area contributed by atoms with E-state index in [2.05, 4.69) is 10.6 Å². The Morgan fingerprint density at radius 3 is 2.35 bits per heavy atom. The standard InChI is InChI=1S/C11H11Cl2NO2S/c1-4-11(2,3)14-17(15,16)8-5-6-9(12)10(13)7-8/h1,5-7,14H,2-3H3. The van der Waals surface area contributed by atoms with E-state index in [9.17, 15) is 8.42 Å². The molecule has 0 amide bonds. The normalized spacial score (nSPS) is 12.2. The van der Waals surface area contributed by atoms with Gasteiger partial charge in [-0.3, -0.25) is 0 Å². The van der Waals surface area contributed by atoms with Crippen molar-refractivity contribution in [1.82, 2.24) is 4.72 Å². The summed E-state index contributed by atoms with van der Waals surface area (Å²) in [6.07, 6.45) is 5.22. The molecule has 3 nitrogen and oxygen atoms in total. The van der Waals surface area contributed by atoms with E-state index in [1.807, 2.05) is 0 Å². The summed E-state index contributed by atoms with van der Waals surface area (Å²) < 4.78 is 26.3. The van der Waals surface area contributed by atoms with Crippen molar-refractivity contribution in [2.24, 2.45) is 0 Å². The monoisotopic (exact) mass is 291 g/mol. The predicted molar refractivity (Wildman–Crippen MR) is 69.7 cm³/mol. The van der Waals surface area contributed by atoms with Gasteiger partial charge in [0.05, 0.1) is 20.5 Å². The molecule has 6 heteroatoms. The molecule has 1 N–H and O–H groups in total. The van der Waals surface area contributed by atoms with Crippen LogP contribution in [0.3, 0.4) is 0 Å². The summed E-state index contributed by atoms with van der Waals surface area (Å²) in [6, 6.07) is 4.06. The molecule has 92 valence electrons. The van der Waals surface area contributed by atoms with E-state index in [0.29, 0.717) is 5.02 Å². The maximum atomic E-state index is 12.0. The molecule has 0 unspecified atom stereocenters. The number of halogens is 2. The zero-order valence-electron chi connectivity index (χ0n) is 9.29. The molecule has 0 aliphatic rings. The number of hydrogen-bond acceptors (Lipinski definition) is 2. The van der Waals surface area contributed by atoms with Crippen LogP contribution in [0.2, 0.25) is 10.0 Å². The summed E-state index contributed by atoms with van der Waals surface area (Å²) in [5.41, 5.74) is -0.967. The maximum Gasteiger partial charge on any atom is 0.241 e. The highest BCUT2D eigenvalue weighted by Crippen LogP contribution is 2.25. The third-order valence-electron chi connectivity index (χ3n) is 1.95. The number of terminal acetylenes is 1. The first-order chi connectivity index (χ1) is 7.68. The molecule has 0 fully saturated rings. The molecule has 0 saturated carbocycles. The van der Waals surface area contributed by atoms with Crippen LogP contribution >= 0.6 is 23.2 Å². The van der Waals surface area contributed by atoms with E-state index in [0.717, 1.165) is 0 Å². The SMILES string of the molecule is C#CC(C)(C)NS(=O)(=O)c1ccc(Cl)c(Cl)c1. The van der Waals surface area contributed by atoms with Crippen molar-refractivity contribution in [3.63, 3.8) is 0 Å². The Morgan fingerprint density at radius 2 is 1.88 bits per heavy atom. The van der Waals surface area contributed by atoms with E-state index in [1.54, 1.807) is 13.8 Å². The van der Waals surface area contributed by atoms with Crippen molar-refractivity contribution < 1.29 is 8.42 Å². The lowest BCUT2D eigenvalue weighted by Crippen LogP contribution is -2.41. The molecule has 0 heterocycles. The summed E-state index contributed by atoms with van der Waals surface area (Å²) in [4.78, 5) is 0.0234. The van der Waals surface area contributed by atoms with Gasteiger partial charge in [-0.15, -0.1) is 6.42 Å². The van der Waals surface area contributed by atoms with Crippen LogP contribution in [0.1, 0.15) is 13.8 Å². The molecule has 0 atom stereocenters.